The van der Waals surface area contributed by atoms with Gasteiger partial charge in [-0.25, -0.2) is 4.79 Å². The highest BCUT2D eigenvalue weighted by atomic mass is 16.5. The number of nitrogens with zero attached hydrogens (tertiary/aromatic N) is 2. The monoisotopic (exact) mass is 429 g/mol. The molecule has 0 saturated heterocycles. The SMILES string of the molecule is CC[C@@]12C=C(C(=O)OC)C(=O)NN1c1nc(OC)c3c(c1C[C@@H]2C(C)(C)C)OCCC3. The maximum absolute atomic E-state index is 12.9. The lowest BCUT2D eigenvalue weighted by Crippen LogP contribution is -2.68. The van der Waals surface area contributed by atoms with E-state index in [-0.39, 0.29) is 16.9 Å². The Morgan fingerprint density at radius 3 is 2.71 bits per heavy atom. The molecule has 3 aliphatic heterocycles. The van der Waals surface area contributed by atoms with Crippen molar-refractivity contribution in [2.45, 2.75) is 58.9 Å². The van der Waals surface area contributed by atoms with Gasteiger partial charge in [-0.3, -0.25) is 15.2 Å². The van der Waals surface area contributed by atoms with Gasteiger partial charge < -0.3 is 14.2 Å². The number of methoxy groups -OCH3 is 2. The average molecular weight is 430 g/mol. The lowest BCUT2D eigenvalue weighted by molar-refractivity contribution is -0.138. The number of hydrogen-bond acceptors (Lipinski definition) is 7. The Morgan fingerprint density at radius 2 is 2.10 bits per heavy atom. The van der Waals surface area contributed by atoms with Crippen LogP contribution in [0.2, 0.25) is 0 Å². The van der Waals surface area contributed by atoms with E-state index in [9.17, 15) is 9.59 Å². The number of carbonyl (C=O) groups is 2. The van der Waals surface area contributed by atoms with Gasteiger partial charge in [0, 0.05) is 5.56 Å². The first-order valence-corrected chi connectivity index (χ1v) is 10.8. The van der Waals surface area contributed by atoms with E-state index in [2.05, 4.69) is 33.1 Å². The van der Waals surface area contributed by atoms with Crippen molar-refractivity contribution in [2.75, 3.05) is 25.8 Å². The van der Waals surface area contributed by atoms with E-state index in [0.29, 0.717) is 31.1 Å². The highest BCUT2D eigenvalue weighted by Gasteiger charge is 2.55. The van der Waals surface area contributed by atoms with E-state index in [1.54, 1.807) is 13.2 Å². The van der Waals surface area contributed by atoms with Gasteiger partial charge in [-0.2, -0.15) is 4.98 Å². The van der Waals surface area contributed by atoms with Crippen molar-refractivity contribution < 1.29 is 23.8 Å². The molecule has 31 heavy (non-hydrogen) atoms. The standard InChI is InChI=1S/C23H31N3O5/c1-7-23-12-15(21(28)30-6)19(27)25-26(23)18-14(11-16(23)22(2,3)4)17-13(9-8-10-31-17)20(24-18)29-5/h12,16H,7-11H2,1-6H3,(H,25,27)/t16-,23+/m1/s1. The molecule has 0 fully saturated rings. The van der Waals surface area contributed by atoms with Gasteiger partial charge in [0.25, 0.3) is 5.91 Å². The van der Waals surface area contributed by atoms with Crippen molar-refractivity contribution in [2.24, 2.45) is 11.3 Å². The summed E-state index contributed by atoms with van der Waals surface area (Å²) in [5, 5.41) is 1.83. The summed E-state index contributed by atoms with van der Waals surface area (Å²) in [7, 11) is 2.89. The van der Waals surface area contributed by atoms with Crippen LogP contribution in [0, 0.1) is 11.3 Å². The minimum Gasteiger partial charge on any atom is -0.493 e. The molecule has 0 unspecified atom stereocenters. The molecule has 1 N–H and O–H groups in total. The van der Waals surface area contributed by atoms with Crippen molar-refractivity contribution >= 4 is 17.7 Å². The zero-order valence-corrected chi connectivity index (χ0v) is 19.1. The Labute approximate surface area is 182 Å². The van der Waals surface area contributed by atoms with Crippen molar-refractivity contribution in [3.63, 3.8) is 0 Å². The van der Waals surface area contributed by atoms with E-state index >= 15 is 0 Å². The second-order valence-electron chi connectivity index (χ2n) is 9.48. The quantitative estimate of drug-likeness (QED) is 0.584. The molecule has 0 bridgehead atoms. The molecule has 168 valence electrons. The van der Waals surface area contributed by atoms with Gasteiger partial charge >= 0.3 is 5.97 Å². The first-order chi connectivity index (χ1) is 14.7. The number of pyridine rings is 1. The van der Waals surface area contributed by atoms with Crippen LogP contribution in [-0.4, -0.2) is 43.2 Å². The van der Waals surface area contributed by atoms with Crippen molar-refractivity contribution in [1.29, 1.82) is 0 Å². The van der Waals surface area contributed by atoms with Gasteiger partial charge in [-0.1, -0.05) is 27.7 Å². The van der Waals surface area contributed by atoms with Crippen LogP contribution < -0.4 is 19.9 Å². The Balaban J connectivity index is 2.00. The third kappa shape index (κ3) is 3.15. The average Bonchev–Trinajstić information content (AvgIpc) is 2.76. The third-order valence-corrected chi connectivity index (χ3v) is 6.80. The van der Waals surface area contributed by atoms with Crippen LogP contribution in [0.3, 0.4) is 0 Å². The number of esters is 1. The summed E-state index contributed by atoms with van der Waals surface area (Å²) in [6, 6.07) is 0. The van der Waals surface area contributed by atoms with Gasteiger partial charge in [0.2, 0.25) is 5.88 Å². The largest absolute Gasteiger partial charge is 0.493 e. The molecule has 0 saturated carbocycles. The minimum atomic E-state index is -0.649. The predicted octanol–water partition coefficient (Wildman–Crippen LogP) is 2.73. The van der Waals surface area contributed by atoms with Crippen LogP contribution in [0.5, 0.6) is 11.6 Å². The van der Waals surface area contributed by atoms with Crippen LogP contribution in [-0.2, 0) is 27.2 Å². The first kappa shape index (κ1) is 21.5. The summed E-state index contributed by atoms with van der Waals surface area (Å²) in [4.78, 5) is 30.1. The first-order valence-electron chi connectivity index (χ1n) is 10.8. The molecule has 0 aromatic carbocycles. The second-order valence-corrected chi connectivity index (χ2v) is 9.48. The number of rotatable bonds is 3. The zero-order chi connectivity index (χ0) is 22.6. The van der Waals surface area contributed by atoms with Gasteiger partial charge in [-0.15, -0.1) is 0 Å². The highest BCUT2D eigenvalue weighted by Crippen LogP contribution is 2.54. The van der Waals surface area contributed by atoms with E-state index in [4.69, 9.17) is 19.2 Å². The Bertz CT molecular complexity index is 965. The number of ether oxygens (including phenoxy) is 3. The molecule has 3 aliphatic rings. The van der Waals surface area contributed by atoms with Crippen LogP contribution in [0.4, 0.5) is 5.82 Å². The van der Waals surface area contributed by atoms with E-state index < -0.39 is 17.4 Å². The highest BCUT2D eigenvalue weighted by molar-refractivity contribution is 6.17. The fraction of sp³-hybridized carbons (Fsp3) is 0.609. The maximum atomic E-state index is 12.9. The van der Waals surface area contributed by atoms with E-state index in [1.807, 2.05) is 5.01 Å². The lowest BCUT2D eigenvalue weighted by Gasteiger charge is -2.56. The van der Waals surface area contributed by atoms with Crippen LogP contribution in [0.1, 0.15) is 51.7 Å². The molecule has 1 aromatic heterocycles. The fourth-order valence-corrected chi connectivity index (χ4v) is 5.33. The van der Waals surface area contributed by atoms with Crippen molar-refractivity contribution in [3.8, 4) is 11.6 Å². The minimum absolute atomic E-state index is 0.0273. The van der Waals surface area contributed by atoms with Gasteiger partial charge in [-0.05, 0) is 43.1 Å². The summed E-state index contributed by atoms with van der Waals surface area (Å²) in [6.45, 7) is 9.26. The lowest BCUT2D eigenvalue weighted by atomic mass is 9.62. The molecule has 8 heteroatoms. The van der Waals surface area contributed by atoms with E-state index in [1.165, 1.54) is 7.11 Å². The molecule has 8 nitrogen and oxygen atoms in total. The van der Waals surface area contributed by atoms with E-state index in [0.717, 1.165) is 29.7 Å². The Hall–Kier alpha value is -2.77. The molecule has 2 atom stereocenters. The molecule has 4 heterocycles. The number of hydrazine groups is 1. The molecule has 0 radical (unpaired) electrons. The van der Waals surface area contributed by atoms with Gasteiger partial charge in [0.1, 0.15) is 11.3 Å². The molecule has 0 aliphatic carbocycles. The number of anilines is 1. The summed E-state index contributed by atoms with van der Waals surface area (Å²) in [5.74, 6) is 0.892. The molecule has 0 spiro atoms. The summed E-state index contributed by atoms with van der Waals surface area (Å²) < 4.78 is 16.6. The maximum Gasteiger partial charge on any atom is 0.343 e. The number of amides is 1. The Kier molecular flexibility index (Phi) is 5.14. The number of hydrogen-bond donors (Lipinski definition) is 1. The molecule has 1 amide bonds. The topological polar surface area (TPSA) is 90.0 Å². The summed E-state index contributed by atoms with van der Waals surface area (Å²) in [5.41, 5.74) is 4.16. The predicted molar refractivity (Wildman–Crippen MR) is 115 cm³/mol. The number of nitrogens with one attached hydrogen (secondary N) is 1. The Morgan fingerprint density at radius 1 is 1.35 bits per heavy atom. The normalized spacial score (nSPS) is 24.7. The van der Waals surface area contributed by atoms with Gasteiger partial charge in [0.05, 0.1) is 31.9 Å². The van der Waals surface area contributed by atoms with Crippen molar-refractivity contribution in [1.82, 2.24) is 10.4 Å². The molecule has 4 rings (SSSR count). The number of aromatic nitrogens is 1. The summed E-state index contributed by atoms with van der Waals surface area (Å²) >= 11 is 0. The van der Waals surface area contributed by atoms with Crippen LogP contribution >= 0.6 is 0 Å². The number of fused-ring (bicyclic) bond motifs is 5. The smallest absolute Gasteiger partial charge is 0.343 e. The summed E-state index contributed by atoms with van der Waals surface area (Å²) in [6.07, 6.45) is 4.92. The third-order valence-electron chi connectivity index (χ3n) is 6.80. The second kappa shape index (κ2) is 7.43. The van der Waals surface area contributed by atoms with Crippen molar-refractivity contribution in [3.05, 3.63) is 22.8 Å². The fourth-order valence-electron chi connectivity index (χ4n) is 5.33. The zero-order valence-electron chi connectivity index (χ0n) is 19.1. The van der Waals surface area contributed by atoms with Crippen LogP contribution in [0.15, 0.2) is 11.6 Å². The molecular formula is C23H31N3O5. The van der Waals surface area contributed by atoms with Crippen LogP contribution in [0.25, 0.3) is 0 Å². The molecular weight excluding hydrogens is 398 g/mol. The van der Waals surface area contributed by atoms with Gasteiger partial charge in [0.15, 0.2) is 5.82 Å². The number of carbonyl (C=O) groups excluding carboxylic acids is 2. The molecule has 1 aromatic rings.